The molecule has 2 heteroatoms. The van der Waals surface area contributed by atoms with Gasteiger partial charge in [0, 0.05) is 24.3 Å². The van der Waals surface area contributed by atoms with Crippen molar-refractivity contribution >= 4 is 5.69 Å². The van der Waals surface area contributed by atoms with Crippen molar-refractivity contribution in [1.82, 2.24) is 0 Å². The summed E-state index contributed by atoms with van der Waals surface area (Å²) in [6, 6.07) is 8.39. The second-order valence-corrected chi connectivity index (χ2v) is 6.06. The number of hydrogen-bond acceptors (Lipinski definition) is 2. The highest BCUT2D eigenvalue weighted by atomic mass is 16.3. The molecule has 1 aromatic carbocycles. The molecule has 0 spiro atoms. The molecule has 1 saturated heterocycles. The zero-order valence-electron chi connectivity index (χ0n) is 13.0. The smallest absolute Gasteiger partial charge is 0.0807 e. The molecule has 2 nitrogen and oxygen atoms in total. The van der Waals surface area contributed by atoms with Gasteiger partial charge in [-0.2, -0.15) is 0 Å². The van der Waals surface area contributed by atoms with Gasteiger partial charge in [-0.1, -0.05) is 44.9 Å². The van der Waals surface area contributed by atoms with E-state index in [4.69, 9.17) is 0 Å². The van der Waals surface area contributed by atoms with Crippen LogP contribution in [0.3, 0.4) is 0 Å². The summed E-state index contributed by atoms with van der Waals surface area (Å²) >= 11 is 0. The fourth-order valence-corrected chi connectivity index (χ4v) is 3.38. The fraction of sp³-hybridized carbons (Fsp3) is 0.667. The monoisotopic (exact) mass is 275 g/mol. The molecule has 0 aliphatic carbocycles. The molecule has 112 valence electrons. The first-order chi connectivity index (χ1) is 9.76. The summed E-state index contributed by atoms with van der Waals surface area (Å²) in [5.74, 6) is 0.897. The van der Waals surface area contributed by atoms with Crippen LogP contribution in [0.4, 0.5) is 5.69 Å². The van der Waals surface area contributed by atoms with Gasteiger partial charge in [0.05, 0.1) is 6.10 Å². The minimum atomic E-state index is -0.333. The van der Waals surface area contributed by atoms with Gasteiger partial charge in [-0.3, -0.25) is 0 Å². The average Bonchev–Trinajstić information content (AvgIpc) is 2.72. The lowest BCUT2D eigenvalue weighted by Crippen LogP contribution is -2.25. The predicted molar refractivity (Wildman–Crippen MR) is 86.2 cm³/mol. The van der Waals surface area contributed by atoms with Crippen LogP contribution in [0.2, 0.25) is 0 Å². The van der Waals surface area contributed by atoms with Crippen LogP contribution in [-0.2, 0) is 0 Å². The molecule has 1 aromatic rings. The molecule has 0 radical (unpaired) electrons. The Hall–Kier alpha value is -1.02. The number of benzene rings is 1. The fourth-order valence-electron chi connectivity index (χ4n) is 3.38. The maximum Gasteiger partial charge on any atom is 0.0807 e. The first kappa shape index (κ1) is 15.4. The molecule has 1 aliphatic rings. The molecule has 0 aromatic heterocycles. The van der Waals surface area contributed by atoms with Gasteiger partial charge < -0.3 is 10.0 Å². The van der Waals surface area contributed by atoms with Gasteiger partial charge in [-0.15, -0.1) is 0 Å². The number of nitrogens with zero attached hydrogens (tertiary/aromatic N) is 1. The number of aliphatic hydroxyl groups is 1. The summed E-state index contributed by atoms with van der Waals surface area (Å²) in [6.45, 7) is 6.60. The lowest BCUT2D eigenvalue weighted by molar-refractivity contribution is 0.174. The minimum Gasteiger partial charge on any atom is -0.388 e. The maximum atomic E-state index is 10.2. The Morgan fingerprint density at radius 1 is 1.20 bits per heavy atom. The second-order valence-electron chi connectivity index (χ2n) is 6.06. The largest absolute Gasteiger partial charge is 0.388 e. The molecule has 0 amide bonds. The van der Waals surface area contributed by atoms with Gasteiger partial charge in [0.2, 0.25) is 0 Å². The number of rotatable bonds is 5. The van der Waals surface area contributed by atoms with E-state index in [0.29, 0.717) is 0 Å². The van der Waals surface area contributed by atoms with E-state index >= 15 is 0 Å². The molecule has 1 fully saturated rings. The zero-order chi connectivity index (χ0) is 14.4. The minimum absolute atomic E-state index is 0.333. The third-order valence-corrected chi connectivity index (χ3v) is 4.57. The van der Waals surface area contributed by atoms with E-state index in [-0.39, 0.29) is 6.10 Å². The molecule has 1 unspecified atom stereocenters. The Labute approximate surface area is 123 Å². The molecular formula is C18H29NO. The maximum absolute atomic E-state index is 10.2. The molecule has 1 heterocycles. The van der Waals surface area contributed by atoms with Crippen molar-refractivity contribution in [3.63, 3.8) is 0 Å². The molecule has 0 saturated carbocycles. The second kappa shape index (κ2) is 7.68. The lowest BCUT2D eigenvalue weighted by Gasteiger charge is -2.27. The summed E-state index contributed by atoms with van der Waals surface area (Å²) in [4.78, 5) is 2.49. The summed E-state index contributed by atoms with van der Waals surface area (Å²) in [5, 5.41) is 10.2. The Morgan fingerprint density at radius 2 is 2.00 bits per heavy atom. The van der Waals surface area contributed by atoms with E-state index in [1.807, 2.05) is 13.0 Å². The summed E-state index contributed by atoms with van der Waals surface area (Å²) in [7, 11) is 0. The lowest BCUT2D eigenvalue weighted by atomic mass is 9.96. The van der Waals surface area contributed by atoms with E-state index < -0.39 is 0 Å². The van der Waals surface area contributed by atoms with E-state index in [2.05, 4.69) is 30.0 Å². The van der Waals surface area contributed by atoms with Crippen LogP contribution in [0.5, 0.6) is 0 Å². The van der Waals surface area contributed by atoms with Crippen molar-refractivity contribution < 1.29 is 5.11 Å². The Balaban J connectivity index is 2.11. The Kier molecular flexibility index (Phi) is 5.90. The van der Waals surface area contributed by atoms with Crippen molar-refractivity contribution in [1.29, 1.82) is 0 Å². The predicted octanol–water partition coefficient (Wildman–Crippen LogP) is 4.54. The average molecular weight is 275 g/mol. The Morgan fingerprint density at radius 3 is 2.75 bits per heavy atom. The van der Waals surface area contributed by atoms with Gasteiger partial charge in [-0.05, 0) is 37.7 Å². The van der Waals surface area contributed by atoms with Crippen LogP contribution < -0.4 is 4.90 Å². The molecule has 20 heavy (non-hydrogen) atoms. The van der Waals surface area contributed by atoms with Gasteiger partial charge in [0.25, 0.3) is 0 Å². The van der Waals surface area contributed by atoms with Gasteiger partial charge in [0.1, 0.15) is 0 Å². The van der Waals surface area contributed by atoms with Crippen LogP contribution in [0, 0.1) is 5.92 Å². The summed E-state index contributed by atoms with van der Waals surface area (Å²) in [5.41, 5.74) is 2.35. The van der Waals surface area contributed by atoms with Crippen molar-refractivity contribution in [2.24, 2.45) is 5.92 Å². The first-order valence-electron chi connectivity index (χ1n) is 8.28. The third kappa shape index (κ3) is 3.76. The van der Waals surface area contributed by atoms with E-state index in [1.54, 1.807) is 0 Å². The number of hydrogen-bond donors (Lipinski definition) is 1. The number of para-hydroxylation sites is 1. The highest BCUT2D eigenvalue weighted by Gasteiger charge is 2.20. The van der Waals surface area contributed by atoms with Crippen LogP contribution in [0.15, 0.2) is 24.3 Å². The van der Waals surface area contributed by atoms with E-state index in [1.165, 1.54) is 37.8 Å². The highest BCUT2D eigenvalue weighted by Crippen LogP contribution is 2.31. The van der Waals surface area contributed by atoms with Crippen LogP contribution in [0.1, 0.15) is 64.0 Å². The molecule has 2 atom stereocenters. The van der Waals surface area contributed by atoms with Crippen molar-refractivity contribution in [2.45, 2.75) is 58.5 Å². The zero-order valence-corrected chi connectivity index (χ0v) is 13.0. The van der Waals surface area contributed by atoms with Gasteiger partial charge in [0.15, 0.2) is 0 Å². The van der Waals surface area contributed by atoms with Crippen LogP contribution in [0.25, 0.3) is 0 Å². The first-order valence-corrected chi connectivity index (χ1v) is 8.28. The third-order valence-electron chi connectivity index (χ3n) is 4.57. The summed E-state index contributed by atoms with van der Waals surface area (Å²) < 4.78 is 0. The molecule has 0 bridgehead atoms. The van der Waals surface area contributed by atoms with Gasteiger partial charge >= 0.3 is 0 Å². The van der Waals surface area contributed by atoms with Gasteiger partial charge in [-0.25, -0.2) is 0 Å². The van der Waals surface area contributed by atoms with Crippen molar-refractivity contribution in [3.05, 3.63) is 29.8 Å². The summed E-state index contributed by atoms with van der Waals surface area (Å²) in [6.07, 6.45) is 7.06. The molecule has 1 N–H and O–H groups in total. The number of aliphatic hydroxyl groups excluding tert-OH is 1. The SMILES string of the molecule is CCCC1CCCN(c2ccccc2[C@@H](O)CC)CC1. The number of anilines is 1. The van der Waals surface area contributed by atoms with Crippen LogP contribution in [-0.4, -0.2) is 18.2 Å². The standard InChI is InChI=1S/C18H29NO/c1-3-8-15-9-7-13-19(14-12-15)17-11-6-5-10-16(17)18(20)4-2/h5-6,10-11,15,18,20H,3-4,7-9,12-14H2,1-2H3/t15?,18-/m0/s1. The Bertz CT molecular complexity index is 404. The highest BCUT2D eigenvalue weighted by molar-refractivity contribution is 5.54. The molecular weight excluding hydrogens is 246 g/mol. The molecule has 1 aliphatic heterocycles. The quantitative estimate of drug-likeness (QED) is 0.853. The normalized spacial score (nSPS) is 21.6. The van der Waals surface area contributed by atoms with Crippen molar-refractivity contribution in [2.75, 3.05) is 18.0 Å². The van der Waals surface area contributed by atoms with Crippen molar-refractivity contribution in [3.8, 4) is 0 Å². The van der Waals surface area contributed by atoms with E-state index in [9.17, 15) is 5.11 Å². The van der Waals surface area contributed by atoms with E-state index in [0.717, 1.165) is 31.0 Å². The molecule has 2 rings (SSSR count). The van der Waals surface area contributed by atoms with Crippen LogP contribution >= 0.6 is 0 Å². The topological polar surface area (TPSA) is 23.5 Å².